The molecule has 2 unspecified atom stereocenters. The second kappa shape index (κ2) is 6.18. The molecule has 1 aromatic rings. The molecule has 0 aromatic heterocycles. The molecule has 1 amide bonds. The van der Waals surface area contributed by atoms with Crippen molar-refractivity contribution in [1.82, 2.24) is 5.32 Å². The van der Waals surface area contributed by atoms with Crippen molar-refractivity contribution in [3.05, 3.63) is 29.3 Å². The summed E-state index contributed by atoms with van der Waals surface area (Å²) in [6.45, 7) is 3.91. The summed E-state index contributed by atoms with van der Waals surface area (Å²) in [5.74, 6) is -0.151. The Morgan fingerprint density at radius 1 is 1.39 bits per heavy atom. The van der Waals surface area contributed by atoms with Crippen LogP contribution in [-0.4, -0.2) is 31.7 Å². The fraction of sp³-hybridized carbons (Fsp3) is 0.462. The zero-order valence-corrected chi connectivity index (χ0v) is 11.0. The van der Waals surface area contributed by atoms with Gasteiger partial charge in [0.15, 0.2) is 0 Å². The highest BCUT2D eigenvalue weighted by Crippen LogP contribution is 2.18. The predicted molar refractivity (Wildman–Crippen MR) is 71.9 cm³/mol. The topological polar surface area (TPSA) is 50.4 Å². The van der Waals surface area contributed by atoms with Crippen molar-refractivity contribution in [2.24, 2.45) is 5.92 Å². The Labute approximate surface area is 112 Å². The lowest BCUT2D eigenvalue weighted by atomic mass is 10.0. The van der Waals surface area contributed by atoms with E-state index in [-0.39, 0.29) is 17.9 Å². The molecule has 0 radical (unpaired) electrons. The first-order chi connectivity index (χ1) is 8.70. The highest BCUT2D eigenvalue weighted by molar-refractivity contribution is 6.30. The third-order valence-electron chi connectivity index (χ3n) is 3.00. The first-order valence-electron chi connectivity index (χ1n) is 6.08. The number of hydrogen-bond acceptors (Lipinski definition) is 3. The van der Waals surface area contributed by atoms with Gasteiger partial charge in [-0.3, -0.25) is 4.79 Å². The highest BCUT2D eigenvalue weighted by atomic mass is 35.5. The molecule has 2 rings (SSSR count). The van der Waals surface area contributed by atoms with E-state index in [2.05, 4.69) is 10.6 Å². The van der Waals surface area contributed by atoms with Crippen LogP contribution in [0, 0.1) is 5.92 Å². The van der Waals surface area contributed by atoms with Crippen LogP contribution in [0.1, 0.15) is 6.92 Å². The van der Waals surface area contributed by atoms with Crippen molar-refractivity contribution < 1.29 is 9.53 Å². The zero-order valence-electron chi connectivity index (χ0n) is 10.3. The van der Waals surface area contributed by atoms with Crippen LogP contribution in [0.5, 0.6) is 0 Å². The first-order valence-corrected chi connectivity index (χ1v) is 6.46. The van der Waals surface area contributed by atoms with Gasteiger partial charge in [0.25, 0.3) is 0 Å². The number of rotatable bonds is 4. The Morgan fingerprint density at radius 3 is 2.78 bits per heavy atom. The molecule has 4 nitrogen and oxygen atoms in total. The molecule has 1 fully saturated rings. The fourth-order valence-corrected chi connectivity index (χ4v) is 2.17. The molecule has 1 heterocycles. The number of halogens is 1. The summed E-state index contributed by atoms with van der Waals surface area (Å²) in [6, 6.07) is 7.19. The molecule has 2 N–H and O–H groups in total. The largest absolute Gasteiger partial charge is 0.379 e. The maximum Gasteiger partial charge on any atom is 0.231 e. The van der Waals surface area contributed by atoms with Crippen molar-refractivity contribution in [3.8, 4) is 0 Å². The van der Waals surface area contributed by atoms with Crippen LogP contribution in [-0.2, 0) is 9.53 Å². The number of carbonyl (C=O) groups excluding carboxylic acids is 1. The van der Waals surface area contributed by atoms with Crippen LogP contribution in [0.4, 0.5) is 5.69 Å². The third kappa shape index (κ3) is 3.22. The Kier molecular flexibility index (Phi) is 4.58. The lowest BCUT2D eigenvalue weighted by Crippen LogP contribution is -2.41. The van der Waals surface area contributed by atoms with Crippen LogP contribution in [0.2, 0.25) is 5.02 Å². The van der Waals surface area contributed by atoms with E-state index in [1.807, 2.05) is 6.92 Å². The molecule has 0 spiro atoms. The van der Waals surface area contributed by atoms with E-state index in [9.17, 15) is 4.79 Å². The Balaban J connectivity index is 1.96. The molecule has 0 bridgehead atoms. The van der Waals surface area contributed by atoms with Crippen molar-refractivity contribution in [3.63, 3.8) is 0 Å². The predicted octanol–water partition coefficient (Wildman–Crippen LogP) is 1.90. The van der Waals surface area contributed by atoms with Crippen LogP contribution < -0.4 is 10.6 Å². The summed E-state index contributed by atoms with van der Waals surface area (Å²) >= 11 is 5.80. The molecular formula is C13H17ClN2O2. The van der Waals surface area contributed by atoms with Crippen LogP contribution in [0.3, 0.4) is 0 Å². The number of likely N-dealkylation sites (N-methyl/N-ethyl adjacent to an activating group) is 1. The Bertz CT molecular complexity index is 408. The summed E-state index contributed by atoms with van der Waals surface area (Å²) in [5.41, 5.74) is 0.756. The maximum absolute atomic E-state index is 12.1. The van der Waals surface area contributed by atoms with Gasteiger partial charge in [-0.25, -0.2) is 0 Å². The van der Waals surface area contributed by atoms with E-state index in [1.165, 1.54) is 0 Å². The number of ether oxygens (including phenoxy) is 1. The number of hydrogen-bond donors (Lipinski definition) is 2. The number of benzene rings is 1. The summed E-state index contributed by atoms with van der Waals surface area (Å²) in [7, 11) is 0. The first kappa shape index (κ1) is 13.3. The molecule has 0 aliphatic carbocycles. The number of amides is 1. The molecule has 1 aliphatic rings. The van der Waals surface area contributed by atoms with Gasteiger partial charge in [-0.15, -0.1) is 0 Å². The van der Waals surface area contributed by atoms with Crippen LogP contribution >= 0.6 is 11.6 Å². The monoisotopic (exact) mass is 268 g/mol. The molecule has 1 aromatic carbocycles. The Morgan fingerprint density at radius 2 is 2.11 bits per heavy atom. The molecule has 5 heteroatoms. The van der Waals surface area contributed by atoms with E-state index in [0.29, 0.717) is 18.2 Å². The summed E-state index contributed by atoms with van der Waals surface area (Å²) in [5, 5.41) is 6.80. The highest BCUT2D eigenvalue weighted by Gasteiger charge is 2.33. The van der Waals surface area contributed by atoms with E-state index in [4.69, 9.17) is 16.3 Å². The minimum atomic E-state index is -0.138. The standard InChI is InChI=1S/C13H17ClN2O2/c1-2-15-12-8-18-7-11(12)13(17)16-10-5-3-9(14)4-6-10/h3-6,11-12,15H,2,7-8H2,1H3,(H,16,17). The average molecular weight is 269 g/mol. The zero-order chi connectivity index (χ0) is 13.0. The maximum atomic E-state index is 12.1. The van der Waals surface area contributed by atoms with Crippen molar-refractivity contribution >= 4 is 23.2 Å². The van der Waals surface area contributed by atoms with Crippen LogP contribution in [0.25, 0.3) is 0 Å². The average Bonchev–Trinajstić information content (AvgIpc) is 2.81. The molecule has 98 valence electrons. The van der Waals surface area contributed by atoms with Gasteiger partial charge >= 0.3 is 0 Å². The molecule has 0 saturated carbocycles. The van der Waals surface area contributed by atoms with Gasteiger partial charge in [-0.1, -0.05) is 18.5 Å². The second-order valence-electron chi connectivity index (χ2n) is 4.30. The fourth-order valence-electron chi connectivity index (χ4n) is 2.04. The lowest BCUT2D eigenvalue weighted by molar-refractivity contribution is -0.120. The van der Waals surface area contributed by atoms with Gasteiger partial charge in [-0.2, -0.15) is 0 Å². The van der Waals surface area contributed by atoms with Crippen molar-refractivity contribution in [1.29, 1.82) is 0 Å². The van der Waals surface area contributed by atoms with Crippen LogP contribution in [0.15, 0.2) is 24.3 Å². The smallest absolute Gasteiger partial charge is 0.231 e. The van der Waals surface area contributed by atoms with Gasteiger partial charge in [-0.05, 0) is 30.8 Å². The Hall–Kier alpha value is -1.10. The number of nitrogens with one attached hydrogen (secondary N) is 2. The molecule has 18 heavy (non-hydrogen) atoms. The van der Waals surface area contributed by atoms with Gasteiger partial charge in [0.2, 0.25) is 5.91 Å². The van der Waals surface area contributed by atoms with Crippen molar-refractivity contribution in [2.45, 2.75) is 13.0 Å². The third-order valence-corrected chi connectivity index (χ3v) is 3.25. The normalized spacial score (nSPS) is 23.0. The quantitative estimate of drug-likeness (QED) is 0.877. The van der Waals surface area contributed by atoms with Gasteiger partial charge in [0.1, 0.15) is 0 Å². The minimum Gasteiger partial charge on any atom is -0.379 e. The molecule has 2 atom stereocenters. The van der Waals surface area contributed by atoms with Gasteiger partial charge < -0.3 is 15.4 Å². The number of anilines is 1. The summed E-state index contributed by atoms with van der Waals surface area (Å²) in [6.07, 6.45) is 0. The van der Waals surface area contributed by atoms with E-state index in [0.717, 1.165) is 12.2 Å². The van der Waals surface area contributed by atoms with Crippen molar-refractivity contribution in [2.75, 3.05) is 25.1 Å². The second-order valence-corrected chi connectivity index (χ2v) is 4.74. The van der Waals surface area contributed by atoms with E-state index in [1.54, 1.807) is 24.3 Å². The SMILES string of the molecule is CCNC1COCC1C(=O)Nc1ccc(Cl)cc1. The number of carbonyl (C=O) groups is 1. The van der Waals surface area contributed by atoms with E-state index >= 15 is 0 Å². The lowest BCUT2D eigenvalue weighted by Gasteiger charge is -2.17. The van der Waals surface area contributed by atoms with Gasteiger partial charge in [0.05, 0.1) is 19.1 Å². The summed E-state index contributed by atoms with van der Waals surface area (Å²) in [4.78, 5) is 12.1. The molecule has 1 saturated heterocycles. The van der Waals surface area contributed by atoms with Gasteiger partial charge in [0, 0.05) is 16.8 Å². The minimum absolute atomic E-state index is 0.0132. The van der Waals surface area contributed by atoms with E-state index < -0.39 is 0 Å². The molecule has 1 aliphatic heterocycles. The molecular weight excluding hydrogens is 252 g/mol. The summed E-state index contributed by atoms with van der Waals surface area (Å²) < 4.78 is 5.36.